The maximum atomic E-state index is 14.3. The number of carbonyl (C=O) groups excluding carboxylic acids is 5. The van der Waals surface area contributed by atoms with Gasteiger partial charge >= 0.3 is 6.09 Å². The molecule has 7 rings (SSSR count). The lowest BCUT2D eigenvalue weighted by Crippen LogP contribution is -2.50. The maximum Gasteiger partial charge on any atom is 0.416 e. The van der Waals surface area contributed by atoms with E-state index in [-0.39, 0.29) is 60.8 Å². The Bertz CT molecular complexity index is 2640. The van der Waals surface area contributed by atoms with Crippen molar-refractivity contribution in [1.82, 2.24) is 15.1 Å². The number of carbonyl (C=O) groups is 5. The molecule has 69 heavy (non-hydrogen) atoms. The van der Waals surface area contributed by atoms with Gasteiger partial charge in [-0.25, -0.2) is 9.69 Å². The highest BCUT2D eigenvalue weighted by atomic mass is 16.6. The van der Waals surface area contributed by atoms with Crippen molar-refractivity contribution in [2.24, 2.45) is 11.7 Å². The first kappa shape index (κ1) is 49.3. The molecule has 0 unspecified atom stereocenters. The van der Waals surface area contributed by atoms with Crippen LogP contribution in [0.4, 0.5) is 21.9 Å². The fraction of sp³-hybridized carbons (Fsp3) is 0.353. The maximum absolute atomic E-state index is 14.3. The van der Waals surface area contributed by atoms with Gasteiger partial charge in [-0.1, -0.05) is 50.3 Å². The van der Waals surface area contributed by atoms with Crippen LogP contribution in [0.1, 0.15) is 80.2 Å². The lowest BCUT2D eigenvalue weighted by atomic mass is 10.0. The Morgan fingerprint density at radius 2 is 1.51 bits per heavy atom. The minimum Gasteiger partial charge on any atom is -0.493 e. The van der Waals surface area contributed by atoms with Crippen LogP contribution in [0.5, 0.6) is 23.0 Å². The number of aliphatic hydroxyl groups excluding tert-OH is 1. The van der Waals surface area contributed by atoms with E-state index < -0.39 is 48.2 Å². The molecule has 3 aromatic carbocycles. The Morgan fingerprint density at radius 3 is 2.16 bits per heavy atom. The van der Waals surface area contributed by atoms with E-state index in [0.29, 0.717) is 46.8 Å². The van der Waals surface area contributed by atoms with Gasteiger partial charge in [-0.2, -0.15) is 0 Å². The highest BCUT2D eigenvalue weighted by Gasteiger charge is 2.45. The van der Waals surface area contributed by atoms with Gasteiger partial charge in [-0.05, 0) is 74.1 Å². The second kappa shape index (κ2) is 21.6. The van der Waals surface area contributed by atoms with E-state index in [9.17, 15) is 29.1 Å². The Labute approximate surface area is 401 Å². The average molecular weight is 946 g/mol. The van der Waals surface area contributed by atoms with Crippen molar-refractivity contribution in [3.8, 4) is 23.0 Å². The highest BCUT2D eigenvalue weighted by molar-refractivity contribution is 6.07. The highest BCUT2D eigenvalue weighted by Crippen LogP contribution is 2.43. The topological polar surface area (TPSA) is 224 Å². The molecular formula is C51H59N7O11. The Hall–Kier alpha value is -7.57. The molecule has 0 spiro atoms. The summed E-state index contributed by atoms with van der Waals surface area (Å²) in [6, 6.07) is 10.4. The van der Waals surface area contributed by atoms with E-state index in [4.69, 9.17) is 29.4 Å². The SMILES string of the molecule is C/C=C/C1=CN2C(=O)c3cc(OC)c(OCCCOc4cc5c(cc4OC)C(=O)N4C=C(/C=C/C)C[C@H]4[C@H](O)N5C(=O)OCc4ccc(NC(=O)[C@@H](C)NC(=O)[C@H](N)C(C)C)cc4)cc3NC=C2C1. The lowest BCUT2D eigenvalue weighted by molar-refractivity contribution is -0.127. The largest absolute Gasteiger partial charge is 0.493 e. The quantitative estimate of drug-likeness (QED) is 0.0890. The van der Waals surface area contributed by atoms with Crippen LogP contribution in [0.3, 0.4) is 0 Å². The van der Waals surface area contributed by atoms with Gasteiger partial charge in [0.25, 0.3) is 11.8 Å². The third-order valence-electron chi connectivity index (χ3n) is 12.0. The Morgan fingerprint density at radius 1 is 0.855 bits per heavy atom. The number of nitrogens with one attached hydrogen (secondary N) is 3. The van der Waals surface area contributed by atoms with Gasteiger partial charge in [-0.15, -0.1) is 0 Å². The molecule has 0 radical (unpaired) electrons. The van der Waals surface area contributed by atoms with Crippen molar-refractivity contribution in [2.75, 3.05) is 43.0 Å². The zero-order chi connectivity index (χ0) is 49.5. The molecule has 6 N–H and O–H groups in total. The number of ether oxygens (including phenoxy) is 5. The third-order valence-corrected chi connectivity index (χ3v) is 12.0. The molecule has 18 nitrogen and oxygen atoms in total. The molecule has 3 aromatic rings. The Balaban J connectivity index is 1.04. The molecule has 5 amide bonds. The number of hydrogen-bond donors (Lipinski definition) is 5. The summed E-state index contributed by atoms with van der Waals surface area (Å²) in [4.78, 5) is 71.3. The molecule has 364 valence electrons. The zero-order valence-electron chi connectivity index (χ0n) is 39.7. The molecule has 0 aromatic heterocycles. The molecule has 4 heterocycles. The minimum absolute atomic E-state index is 0.0503. The molecule has 4 aliphatic rings. The Kier molecular flexibility index (Phi) is 15.4. The van der Waals surface area contributed by atoms with Crippen LogP contribution in [0.2, 0.25) is 0 Å². The number of rotatable bonds is 17. The van der Waals surface area contributed by atoms with Gasteiger partial charge in [0, 0.05) is 55.0 Å². The summed E-state index contributed by atoms with van der Waals surface area (Å²) < 4.78 is 29.4. The van der Waals surface area contributed by atoms with E-state index >= 15 is 0 Å². The van der Waals surface area contributed by atoms with Crippen LogP contribution in [0.25, 0.3) is 0 Å². The van der Waals surface area contributed by atoms with E-state index in [1.807, 2.05) is 64.4 Å². The second-order valence-electron chi connectivity index (χ2n) is 17.2. The van der Waals surface area contributed by atoms with Gasteiger partial charge in [0.05, 0.1) is 62.0 Å². The van der Waals surface area contributed by atoms with Crippen molar-refractivity contribution in [3.63, 3.8) is 0 Å². The summed E-state index contributed by atoms with van der Waals surface area (Å²) in [6.07, 6.45) is 11.7. The van der Waals surface area contributed by atoms with Crippen molar-refractivity contribution < 1.29 is 52.8 Å². The van der Waals surface area contributed by atoms with Crippen molar-refractivity contribution >= 4 is 46.8 Å². The zero-order valence-corrected chi connectivity index (χ0v) is 39.7. The number of nitrogens with zero attached hydrogens (tertiary/aromatic N) is 3. The molecule has 4 atom stereocenters. The normalized spacial score (nSPS) is 18.2. The number of nitrogens with two attached hydrogens (primary N) is 1. The number of amides is 5. The summed E-state index contributed by atoms with van der Waals surface area (Å²) in [7, 11) is 2.93. The molecular weight excluding hydrogens is 887 g/mol. The lowest BCUT2D eigenvalue weighted by Gasteiger charge is -2.31. The van der Waals surface area contributed by atoms with Crippen LogP contribution in [0.15, 0.2) is 108 Å². The fourth-order valence-corrected chi connectivity index (χ4v) is 8.19. The molecule has 18 heteroatoms. The molecule has 4 aliphatic heterocycles. The molecule has 0 saturated heterocycles. The van der Waals surface area contributed by atoms with Gasteiger partial charge in [0.2, 0.25) is 11.8 Å². The van der Waals surface area contributed by atoms with Crippen molar-refractivity contribution in [3.05, 3.63) is 125 Å². The number of anilines is 3. The fourth-order valence-electron chi connectivity index (χ4n) is 8.19. The van der Waals surface area contributed by atoms with E-state index in [1.165, 1.54) is 31.3 Å². The second-order valence-corrected chi connectivity index (χ2v) is 17.2. The first-order valence-electron chi connectivity index (χ1n) is 22.7. The van der Waals surface area contributed by atoms with Crippen LogP contribution in [0, 0.1) is 5.92 Å². The number of benzene rings is 3. The summed E-state index contributed by atoms with van der Waals surface area (Å²) in [6.45, 7) is 9.04. The first-order chi connectivity index (χ1) is 33.1. The number of hydrogen-bond acceptors (Lipinski definition) is 13. The number of aliphatic hydroxyl groups is 1. The van der Waals surface area contributed by atoms with Gasteiger partial charge in [0.15, 0.2) is 29.2 Å². The van der Waals surface area contributed by atoms with Gasteiger partial charge in [-0.3, -0.25) is 24.1 Å². The van der Waals surface area contributed by atoms with Crippen LogP contribution in [-0.4, -0.2) is 96.4 Å². The van der Waals surface area contributed by atoms with Crippen LogP contribution < -0.4 is 45.5 Å². The van der Waals surface area contributed by atoms with Crippen LogP contribution in [-0.2, 0) is 20.9 Å². The number of methoxy groups -OCH3 is 2. The first-order valence-corrected chi connectivity index (χ1v) is 22.7. The molecule has 0 saturated carbocycles. The van der Waals surface area contributed by atoms with Crippen LogP contribution >= 0.6 is 0 Å². The van der Waals surface area contributed by atoms with E-state index in [1.54, 1.807) is 54.4 Å². The number of fused-ring (bicyclic) bond motifs is 4. The summed E-state index contributed by atoms with van der Waals surface area (Å²) in [5.41, 5.74) is 10.7. The van der Waals surface area contributed by atoms with E-state index in [2.05, 4.69) is 16.0 Å². The van der Waals surface area contributed by atoms with Gasteiger partial charge in [0.1, 0.15) is 12.6 Å². The van der Waals surface area contributed by atoms with Crippen molar-refractivity contribution in [2.45, 2.75) is 84.8 Å². The standard InChI is InChI=1S/C51H59N7O11/c1-8-11-32-19-35-25-53-38-23-43(41(65-6)21-36(38)48(61)56(35)26-32)67-17-10-18-68-44-24-39-37(22-42(44)66-7)49(62)57-27-33(12-9-2)20-40(57)50(63)58(39)51(64)69-28-31-13-15-34(16-14-31)55-46(59)30(5)54-47(60)45(52)29(3)4/h8-9,11-16,21-27,29-30,40,45,50,53,63H,10,17-20,28,52H2,1-7H3,(H,54,60)(H,55,59)/b11-8+,12-9+/t30-,40+,45-,50+/m1/s1. The predicted molar refractivity (Wildman–Crippen MR) is 259 cm³/mol. The third kappa shape index (κ3) is 10.8. The minimum atomic E-state index is -1.53. The summed E-state index contributed by atoms with van der Waals surface area (Å²) in [5.74, 6) is -0.426. The number of allylic oxidation sites excluding steroid dienone is 5. The summed E-state index contributed by atoms with van der Waals surface area (Å²) in [5, 5.41) is 20.6. The van der Waals surface area contributed by atoms with E-state index in [0.717, 1.165) is 21.7 Å². The van der Waals surface area contributed by atoms with Gasteiger partial charge < -0.3 is 55.4 Å². The molecule has 0 bridgehead atoms. The summed E-state index contributed by atoms with van der Waals surface area (Å²) >= 11 is 0. The van der Waals surface area contributed by atoms with Crippen molar-refractivity contribution in [1.29, 1.82) is 0 Å². The monoisotopic (exact) mass is 945 g/mol. The molecule has 0 fully saturated rings. The smallest absolute Gasteiger partial charge is 0.416 e. The predicted octanol–water partition coefficient (Wildman–Crippen LogP) is 6.70. The molecule has 0 aliphatic carbocycles. The average Bonchev–Trinajstić information content (AvgIpc) is 3.91.